The lowest BCUT2D eigenvalue weighted by Gasteiger charge is -2.23. The Labute approximate surface area is 132 Å². The van der Waals surface area contributed by atoms with E-state index in [-0.39, 0.29) is 0 Å². The normalized spacial score (nSPS) is 13.4. The van der Waals surface area contributed by atoms with Crippen molar-refractivity contribution < 1.29 is 19.4 Å². The minimum atomic E-state index is -1.08. The number of carbonyl (C=O) groups excluding carboxylic acids is 1. The largest absolute Gasteiger partial charge is 0.480 e. The maximum absolute atomic E-state index is 12.0. The van der Waals surface area contributed by atoms with Gasteiger partial charge in [-0.2, -0.15) is 0 Å². The van der Waals surface area contributed by atoms with E-state index < -0.39 is 29.4 Å². The summed E-state index contributed by atoms with van der Waals surface area (Å²) < 4.78 is 5.80. The summed E-state index contributed by atoms with van der Waals surface area (Å²) in [7, 11) is 0. The number of alkyl halides is 1. The maximum Gasteiger partial charge on any atom is 0.322 e. The second-order valence-corrected chi connectivity index (χ2v) is 5.56. The standard InChI is InChI=1S/C15H20BrNO4/c1-2-3-9-21-14(11-7-5-4-6-8-11)13(16)15(20)17-10-12(18)19/h4-8,13-14H,2-3,9-10H2,1H3,(H,17,20)(H,18,19). The molecule has 6 heteroatoms. The number of carboxylic acids is 1. The van der Waals surface area contributed by atoms with Crippen LogP contribution in [0.2, 0.25) is 0 Å². The van der Waals surface area contributed by atoms with E-state index in [1.54, 1.807) is 0 Å². The highest BCUT2D eigenvalue weighted by Gasteiger charge is 2.28. The monoisotopic (exact) mass is 357 g/mol. The average molecular weight is 358 g/mol. The lowest BCUT2D eigenvalue weighted by molar-refractivity contribution is -0.138. The summed E-state index contributed by atoms with van der Waals surface area (Å²) in [6.45, 7) is 2.20. The molecule has 0 bridgehead atoms. The molecule has 0 aliphatic heterocycles. The van der Waals surface area contributed by atoms with Gasteiger partial charge in [0.2, 0.25) is 5.91 Å². The Morgan fingerprint density at radius 2 is 2.00 bits per heavy atom. The molecule has 1 rings (SSSR count). The van der Waals surface area contributed by atoms with Crippen molar-refractivity contribution in [3.8, 4) is 0 Å². The number of rotatable bonds is 9. The van der Waals surface area contributed by atoms with Gasteiger partial charge in [0.25, 0.3) is 0 Å². The lowest BCUT2D eigenvalue weighted by Crippen LogP contribution is -2.38. The van der Waals surface area contributed by atoms with Crippen molar-refractivity contribution in [2.45, 2.75) is 30.7 Å². The summed E-state index contributed by atoms with van der Waals surface area (Å²) in [4.78, 5) is 21.9. The molecule has 21 heavy (non-hydrogen) atoms. The number of nitrogens with one attached hydrogen (secondary N) is 1. The first kappa shape index (κ1) is 17.7. The zero-order valence-corrected chi connectivity index (χ0v) is 13.5. The third kappa shape index (κ3) is 6.27. The molecule has 0 saturated carbocycles. The number of ether oxygens (including phenoxy) is 1. The van der Waals surface area contributed by atoms with Gasteiger partial charge in [0.1, 0.15) is 17.5 Å². The Balaban J connectivity index is 2.75. The third-order valence-corrected chi connectivity index (χ3v) is 3.75. The van der Waals surface area contributed by atoms with Crippen LogP contribution in [0.3, 0.4) is 0 Å². The van der Waals surface area contributed by atoms with Gasteiger partial charge in [0, 0.05) is 6.61 Å². The van der Waals surface area contributed by atoms with E-state index in [1.807, 2.05) is 30.3 Å². The second kappa shape index (κ2) is 9.52. The van der Waals surface area contributed by atoms with Crippen LogP contribution in [0.1, 0.15) is 31.4 Å². The summed E-state index contributed by atoms with van der Waals surface area (Å²) >= 11 is 3.32. The topological polar surface area (TPSA) is 75.6 Å². The summed E-state index contributed by atoms with van der Waals surface area (Å²) in [6.07, 6.45) is 1.45. The Morgan fingerprint density at radius 1 is 1.33 bits per heavy atom. The fourth-order valence-electron chi connectivity index (χ4n) is 1.74. The van der Waals surface area contributed by atoms with Crippen LogP contribution in [-0.2, 0) is 14.3 Å². The molecule has 0 fully saturated rings. The van der Waals surface area contributed by atoms with Gasteiger partial charge in [-0.3, -0.25) is 9.59 Å². The lowest BCUT2D eigenvalue weighted by atomic mass is 10.1. The highest BCUT2D eigenvalue weighted by atomic mass is 79.9. The molecule has 0 radical (unpaired) electrons. The predicted molar refractivity (Wildman–Crippen MR) is 83.4 cm³/mol. The third-order valence-electron chi connectivity index (χ3n) is 2.85. The fourth-order valence-corrected chi connectivity index (χ4v) is 2.36. The molecule has 0 saturated heterocycles. The minimum Gasteiger partial charge on any atom is -0.480 e. The van der Waals surface area contributed by atoms with E-state index in [4.69, 9.17) is 9.84 Å². The zero-order valence-electron chi connectivity index (χ0n) is 11.9. The molecule has 2 N–H and O–H groups in total. The highest BCUT2D eigenvalue weighted by molar-refractivity contribution is 9.10. The first-order valence-electron chi connectivity index (χ1n) is 6.86. The number of carboxylic acid groups (broad SMARTS) is 1. The van der Waals surface area contributed by atoms with Gasteiger partial charge in [-0.1, -0.05) is 59.6 Å². The quantitative estimate of drug-likeness (QED) is 0.525. The molecule has 1 amide bonds. The Bertz CT molecular complexity index is 452. The number of hydrogen-bond donors (Lipinski definition) is 2. The molecule has 2 unspecified atom stereocenters. The fraction of sp³-hybridized carbons (Fsp3) is 0.467. The molecule has 5 nitrogen and oxygen atoms in total. The Hall–Kier alpha value is -1.40. The van der Waals surface area contributed by atoms with Gasteiger partial charge >= 0.3 is 5.97 Å². The van der Waals surface area contributed by atoms with Crippen molar-refractivity contribution in [2.24, 2.45) is 0 Å². The van der Waals surface area contributed by atoms with Gasteiger partial charge in [0.15, 0.2) is 0 Å². The molecule has 2 atom stereocenters. The van der Waals surface area contributed by atoms with Crippen LogP contribution in [-0.4, -0.2) is 35.0 Å². The van der Waals surface area contributed by atoms with E-state index in [2.05, 4.69) is 28.2 Å². The van der Waals surface area contributed by atoms with Gasteiger partial charge < -0.3 is 15.2 Å². The van der Waals surface area contributed by atoms with Gasteiger partial charge in [-0.05, 0) is 12.0 Å². The number of hydrogen-bond acceptors (Lipinski definition) is 3. The van der Waals surface area contributed by atoms with Crippen LogP contribution in [0.5, 0.6) is 0 Å². The van der Waals surface area contributed by atoms with Crippen LogP contribution in [0.25, 0.3) is 0 Å². The number of benzene rings is 1. The molecule has 116 valence electrons. The molecule has 0 spiro atoms. The van der Waals surface area contributed by atoms with Crippen molar-refractivity contribution in [1.82, 2.24) is 5.32 Å². The Morgan fingerprint density at radius 3 is 2.57 bits per heavy atom. The van der Waals surface area contributed by atoms with Crippen molar-refractivity contribution in [2.75, 3.05) is 13.2 Å². The van der Waals surface area contributed by atoms with Gasteiger partial charge in [0.05, 0.1) is 0 Å². The van der Waals surface area contributed by atoms with E-state index in [1.165, 1.54) is 0 Å². The van der Waals surface area contributed by atoms with E-state index in [0.717, 1.165) is 18.4 Å². The number of aliphatic carboxylic acids is 1. The smallest absolute Gasteiger partial charge is 0.322 e. The van der Waals surface area contributed by atoms with Crippen molar-refractivity contribution >= 4 is 27.8 Å². The average Bonchev–Trinajstić information content (AvgIpc) is 2.49. The van der Waals surface area contributed by atoms with Crippen LogP contribution in [0, 0.1) is 0 Å². The van der Waals surface area contributed by atoms with E-state index in [0.29, 0.717) is 6.61 Å². The predicted octanol–water partition coefficient (Wildman–Crippen LogP) is 2.51. The molecular weight excluding hydrogens is 338 g/mol. The first-order valence-corrected chi connectivity index (χ1v) is 7.78. The van der Waals surface area contributed by atoms with Gasteiger partial charge in [-0.15, -0.1) is 0 Å². The summed E-state index contributed by atoms with van der Waals surface area (Å²) in [5.74, 6) is -1.48. The molecule has 0 aromatic heterocycles. The van der Waals surface area contributed by atoms with Crippen LogP contribution >= 0.6 is 15.9 Å². The molecule has 0 heterocycles. The van der Waals surface area contributed by atoms with Crippen LogP contribution in [0.15, 0.2) is 30.3 Å². The van der Waals surface area contributed by atoms with Crippen molar-refractivity contribution in [1.29, 1.82) is 0 Å². The number of halogens is 1. The molecule has 1 aromatic carbocycles. The van der Waals surface area contributed by atoms with Crippen LogP contribution < -0.4 is 5.32 Å². The van der Waals surface area contributed by atoms with E-state index >= 15 is 0 Å². The summed E-state index contributed by atoms with van der Waals surface area (Å²) in [5.41, 5.74) is 0.876. The van der Waals surface area contributed by atoms with Crippen molar-refractivity contribution in [3.05, 3.63) is 35.9 Å². The number of amides is 1. The first-order chi connectivity index (χ1) is 10.1. The summed E-state index contributed by atoms with van der Waals surface area (Å²) in [5, 5.41) is 11.0. The number of unbranched alkanes of at least 4 members (excludes halogenated alkanes) is 1. The highest BCUT2D eigenvalue weighted by Crippen LogP contribution is 2.27. The van der Waals surface area contributed by atoms with Crippen LogP contribution in [0.4, 0.5) is 0 Å². The second-order valence-electron chi connectivity index (χ2n) is 4.57. The molecule has 1 aromatic rings. The van der Waals surface area contributed by atoms with E-state index in [9.17, 15) is 9.59 Å². The van der Waals surface area contributed by atoms with Gasteiger partial charge in [-0.25, -0.2) is 0 Å². The zero-order chi connectivity index (χ0) is 15.7. The number of carbonyl (C=O) groups is 2. The Kier molecular flexibility index (Phi) is 8.00. The van der Waals surface area contributed by atoms with Crippen molar-refractivity contribution in [3.63, 3.8) is 0 Å². The minimum absolute atomic E-state index is 0.400. The molecule has 0 aliphatic carbocycles. The molecular formula is C15H20BrNO4. The maximum atomic E-state index is 12.0. The summed E-state index contributed by atoms with van der Waals surface area (Å²) in [6, 6.07) is 9.41. The SMILES string of the molecule is CCCCOC(c1ccccc1)C(Br)C(=O)NCC(=O)O. The molecule has 0 aliphatic rings.